The molecule has 10 heteroatoms. The normalized spacial score (nSPS) is 13.9. The molecule has 174 valence electrons. The van der Waals surface area contributed by atoms with Crippen molar-refractivity contribution in [2.75, 3.05) is 36.4 Å². The minimum atomic E-state index is -0.335. The van der Waals surface area contributed by atoms with E-state index in [9.17, 15) is 4.79 Å². The van der Waals surface area contributed by atoms with E-state index in [0.717, 1.165) is 43.1 Å². The zero-order chi connectivity index (χ0) is 23.7. The molecular formula is C24H21Cl3N6O. The summed E-state index contributed by atoms with van der Waals surface area (Å²) in [5, 5.41) is 15.9. The van der Waals surface area contributed by atoms with Crippen molar-refractivity contribution < 1.29 is 0 Å². The van der Waals surface area contributed by atoms with Crippen LogP contribution in [0.1, 0.15) is 11.3 Å². The van der Waals surface area contributed by atoms with Gasteiger partial charge in [0.05, 0.1) is 22.3 Å². The molecule has 1 saturated heterocycles. The molecule has 0 radical (unpaired) electrons. The molecule has 0 bridgehead atoms. The van der Waals surface area contributed by atoms with Crippen LogP contribution in [0.2, 0.25) is 15.1 Å². The zero-order valence-electron chi connectivity index (χ0n) is 18.0. The van der Waals surface area contributed by atoms with Gasteiger partial charge in [0.15, 0.2) is 0 Å². The number of rotatable bonds is 5. The van der Waals surface area contributed by atoms with Crippen molar-refractivity contribution in [1.82, 2.24) is 20.5 Å². The smallest absolute Gasteiger partial charge is 0.275 e. The molecule has 1 aliphatic rings. The topological polar surface area (TPSA) is 85.9 Å². The van der Waals surface area contributed by atoms with E-state index >= 15 is 0 Å². The number of nitrogens with one attached hydrogen (secondary N) is 3. The molecule has 0 atom stereocenters. The molecule has 0 saturated carbocycles. The number of H-pyrrole nitrogens is 1. The fourth-order valence-electron chi connectivity index (χ4n) is 4.12. The van der Waals surface area contributed by atoms with Gasteiger partial charge in [0, 0.05) is 59.4 Å². The highest BCUT2D eigenvalue weighted by atomic mass is 35.5. The van der Waals surface area contributed by atoms with Crippen LogP contribution < -0.4 is 21.1 Å². The van der Waals surface area contributed by atoms with Gasteiger partial charge in [-0.25, -0.2) is 10.1 Å². The maximum Gasteiger partial charge on any atom is 0.275 e. The van der Waals surface area contributed by atoms with Crippen molar-refractivity contribution in [3.63, 3.8) is 0 Å². The molecule has 3 heterocycles. The van der Waals surface area contributed by atoms with Gasteiger partial charge >= 0.3 is 0 Å². The van der Waals surface area contributed by atoms with Gasteiger partial charge in [0.2, 0.25) is 0 Å². The molecule has 7 nitrogen and oxygen atoms in total. The number of piperazine rings is 1. The maximum atomic E-state index is 12.6. The maximum absolute atomic E-state index is 12.6. The Morgan fingerprint density at radius 3 is 2.50 bits per heavy atom. The first-order valence-electron chi connectivity index (χ1n) is 10.8. The van der Waals surface area contributed by atoms with Crippen molar-refractivity contribution in [2.24, 2.45) is 0 Å². The Balaban J connectivity index is 1.52. The number of halogens is 3. The number of benzene rings is 2. The highest BCUT2D eigenvalue weighted by Gasteiger charge is 2.16. The standard InChI is InChI=1S/C24H21Cl3N6O/c25-18-2-1-3-19(26)17(18)11-16-10-14-13-29-32-24(34)22(14)23(31-16)30-15-4-5-21(20(27)12-15)33-8-6-28-7-9-33/h1-5,10,12-13,28H,6-9,11H2,(H,30,31)(H,32,34). The lowest BCUT2D eigenvalue weighted by atomic mass is 10.1. The van der Waals surface area contributed by atoms with Crippen molar-refractivity contribution in [2.45, 2.75) is 6.42 Å². The molecule has 34 heavy (non-hydrogen) atoms. The SMILES string of the molecule is O=c1[nH]ncc2cc(Cc3c(Cl)cccc3Cl)nc(Nc3ccc(N4CCNCC4)c(Cl)c3)c12. The van der Waals surface area contributed by atoms with E-state index in [1.165, 1.54) is 0 Å². The summed E-state index contributed by atoms with van der Waals surface area (Å²) in [4.78, 5) is 19.6. The number of aromatic amines is 1. The number of hydrogen-bond acceptors (Lipinski definition) is 6. The van der Waals surface area contributed by atoms with Crippen molar-refractivity contribution >= 4 is 62.8 Å². The van der Waals surface area contributed by atoms with Gasteiger partial charge < -0.3 is 15.5 Å². The van der Waals surface area contributed by atoms with Gasteiger partial charge in [0.1, 0.15) is 5.82 Å². The van der Waals surface area contributed by atoms with Gasteiger partial charge in [-0.3, -0.25) is 4.79 Å². The van der Waals surface area contributed by atoms with E-state index in [1.54, 1.807) is 24.4 Å². The summed E-state index contributed by atoms with van der Waals surface area (Å²) in [6.45, 7) is 3.64. The molecule has 4 aromatic rings. The number of fused-ring (bicyclic) bond motifs is 1. The second kappa shape index (κ2) is 9.80. The summed E-state index contributed by atoms with van der Waals surface area (Å²) in [6.07, 6.45) is 2.00. The van der Waals surface area contributed by atoms with Crippen LogP contribution in [0.3, 0.4) is 0 Å². The quantitative estimate of drug-likeness (QED) is 0.346. The van der Waals surface area contributed by atoms with Crippen LogP contribution in [0.4, 0.5) is 17.2 Å². The zero-order valence-corrected chi connectivity index (χ0v) is 20.3. The summed E-state index contributed by atoms with van der Waals surface area (Å²) in [7, 11) is 0. The Hall–Kier alpha value is -2.84. The highest BCUT2D eigenvalue weighted by Crippen LogP contribution is 2.32. The summed E-state index contributed by atoms with van der Waals surface area (Å²) in [6, 6.07) is 13.0. The molecule has 1 aliphatic heterocycles. The van der Waals surface area contributed by atoms with Crippen LogP contribution in [-0.4, -0.2) is 41.4 Å². The van der Waals surface area contributed by atoms with Gasteiger partial charge in [-0.05, 0) is 42.0 Å². The van der Waals surface area contributed by atoms with E-state index in [-0.39, 0.29) is 5.56 Å². The van der Waals surface area contributed by atoms with Gasteiger partial charge in [0.25, 0.3) is 5.56 Å². The summed E-state index contributed by atoms with van der Waals surface area (Å²) in [5.41, 5.74) is 2.83. The largest absolute Gasteiger partial charge is 0.368 e. The Morgan fingerprint density at radius 2 is 1.76 bits per heavy atom. The number of hydrogen-bond donors (Lipinski definition) is 3. The number of aromatic nitrogens is 3. The van der Waals surface area contributed by atoms with Crippen molar-refractivity contribution in [3.05, 3.63) is 85.3 Å². The molecular weight excluding hydrogens is 495 g/mol. The van der Waals surface area contributed by atoms with E-state index in [4.69, 9.17) is 39.8 Å². The molecule has 0 spiro atoms. The second-order valence-corrected chi connectivity index (χ2v) is 9.25. The molecule has 0 amide bonds. The monoisotopic (exact) mass is 514 g/mol. The summed E-state index contributed by atoms with van der Waals surface area (Å²) in [5.74, 6) is 0.408. The molecule has 0 aliphatic carbocycles. The minimum Gasteiger partial charge on any atom is -0.368 e. The first-order valence-corrected chi connectivity index (χ1v) is 12.0. The van der Waals surface area contributed by atoms with Crippen LogP contribution in [0.5, 0.6) is 0 Å². The Morgan fingerprint density at radius 1 is 1.00 bits per heavy atom. The Labute approximate surface area is 211 Å². The first kappa shape index (κ1) is 22.9. The van der Waals surface area contributed by atoms with Crippen LogP contribution in [-0.2, 0) is 6.42 Å². The number of nitrogens with zero attached hydrogens (tertiary/aromatic N) is 3. The van der Waals surface area contributed by atoms with E-state index in [1.807, 2.05) is 24.3 Å². The Kier molecular flexibility index (Phi) is 6.61. The fraction of sp³-hybridized carbons (Fsp3) is 0.208. The fourth-order valence-corrected chi connectivity index (χ4v) is 4.96. The average molecular weight is 516 g/mol. The van der Waals surface area contributed by atoms with Crippen LogP contribution in [0.25, 0.3) is 10.8 Å². The third-order valence-corrected chi connectivity index (χ3v) is 6.80. The third-order valence-electron chi connectivity index (χ3n) is 5.79. The highest BCUT2D eigenvalue weighted by molar-refractivity contribution is 6.36. The lowest BCUT2D eigenvalue weighted by Gasteiger charge is -2.30. The van der Waals surface area contributed by atoms with Gasteiger partial charge in [-0.1, -0.05) is 40.9 Å². The van der Waals surface area contributed by atoms with Crippen LogP contribution in [0, 0.1) is 0 Å². The number of anilines is 3. The molecule has 2 aromatic carbocycles. The third kappa shape index (κ3) is 4.70. The van der Waals surface area contributed by atoms with Gasteiger partial charge in [-0.15, -0.1) is 0 Å². The lowest BCUT2D eigenvalue weighted by Crippen LogP contribution is -2.43. The summed E-state index contributed by atoms with van der Waals surface area (Å²) >= 11 is 19.4. The van der Waals surface area contributed by atoms with E-state index < -0.39 is 0 Å². The first-order chi connectivity index (χ1) is 16.5. The average Bonchev–Trinajstić information content (AvgIpc) is 2.82. The molecule has 5 rings (SSSR count). The van der Waals surface area contributed by atoms with E-state index in [0.29, 0.717) is 43.8 Å². The van der Waals surface area contributed by atoms with Crippen molar-refractivity contribution in [1.29, 1.82) is 0 Å². The van der Waals surface area contributed by atoms with E-state index in [2.05, 4.69) is 25.7 Å². The molecule has 1 fully saturated rings. The lowest BCUT2D eigenvalue weighted by molar-refractivity contribution is 0.589. The summed E-state index contributed by atoms with van der Waals surface area (Å²) < 4.78 is 0. The molecule has 3 N–H and O–H groups in total. The predicted octanol–water partition coefficient (Wildman–Crippen LogP) is 5.02. The number of pyridine rings is 1. The second-order valence-electron chi connectivity index (χ2n) is 8.03. The van der Waals surface area contributed by atoms with Crippen LogP contribution in [0.15, 0.2) is 53.5 Å². The molecule has 0 unspecified atom stereocenters. The predicted molar refractivity (Wildman–Crippen MR) is 139 cm³/mol. The molecule has 2 aromatic heterocycles. The minimum absolute atomic E-state index is 0.335. The van der Waals surface area contributed by atoms with Crippen LogP contribution >= 0.6 is 34.8 Å². The van der Waals surface area contributed by atoms with Gasteiger partial charge in [-0.2, -0.15) is 5.10 Å². The Bertz CT molecular complexity index is 1400. The van der Waals surface area contributed by atoms with Crippen molar-refractivity contribution in [3.8, 4) is 0 Å².